The monoisotopic (exact) mass is 210 g/mol. The van der Waals surface area contributed by atoms with Gasteiger partial charge in [-0.25, -0.2) is 0 Å². The number of nitriles is 1. The summed E-state index contributed by atoms with van der Waals surface area (Å²) in [6, 6.07) is 10.9. The minimum atomic E-state index is 0.0750. The van der Waals surface area contributed by atoms with Crippen molar-refractivity contribution in [2.75, 3.05) is 0 Å². The number of rotatable bonds is 3. The van der Waals surface area contributed by atoms with Crippen LogP contribution in [0.1, 0.15) is 21.5 Å². The number of nitrogens with zero attached hydrogens (tertiary/aromatic N) is 1. The van der Waals surface area contributed by atoms with Crippen LogP contribution in [-0.4, -0.2) is 10.8 Å². The zero-order valence-electron chi connectivity index (χ0n) is 8.60. The second kappa shape index (κ2) is 4.45. The summed E-state index contributed by atoms with van der Waals surface area (Å²) >= 11 is 0. The molecule has 0 bridgehead atoms. The molecule has 2 aromatic rings. The van der Waals surface area contributed by atoms with Gasteiger partial charge in [0.25, 0.3) is 0 Å². The van der Waals surface area contributed by atoms with Crippen LogP contribution in [0.25, 0.3) is 0 Å². The van der Waals surface area contributed by atoms with Crippen molar-refractivity contribution in [1.82, 2.24) is 4.98 Å². The van der Waals surface area contributed by atoms with Crippen LogP contribution in [0.5, 0.6) is 0 Å². The lowest BCUT2D eigenvalue weighted by Crippen LogP contribution is -2.01. The van der Waals surface area contributed by atoms with Crippen LogP contribution in [0.4, 0.5) is 0 Å². The highest BCUT2D eigenvalue weighted by atomic mass is 16.1. The van der Waals surface area contributed by atoms with E-state index in [4.69, 9.17) is 5.26 Å². The summed E-state index contributed by atoms with van der Waals surface area (Å²) in [6.45, 7) is 0. The molecule has 0 spiro atoms. The van der Waals surface area contributed by atoms with Crippen LogP contribution >= 0.6 is 0 Å². The molecule has 1 aromatic carbocycles. The summed E-state index contributed by atoms with van der Waals surface area (Å²) in [4.78, 5) is 14.6. The molecule has 1 aromatic heterocycles. The van der Waals surface area contributed by atoms with Crippen LogP contribution in [0.2, 0.25) is 0 Å². The number of carbonyl (C=O) groups is 1. The zero-order chi connectivity index (χ0) is 11.4. The molecule has 3 nitrogen and oxygen atoms in total. The SMILES string of the molecule is N#Cc1ccc(CC(=O)c2cc[nH]c2)cc1. The molecule has 0 unspecified atom stereocenters. The first kappa shape index (κ1) is 10.2. The van der Waals surface area contributed by atoms with Gasteiger partial charge in [-0.3, -0.25) is 4.79 Å². The first-order valence-electron chi connectivity index (χ1n) is 4.94. The fourth-order valence-electron chi connectivity index (χ4n) is 1.48. The van der Waals surface area contributed by atoms with Crippen LogP contribution in [0, 0.1) is 11.3 Å². The normalized spacial score (nSPS) is 9.69. The lowest BCUT2D eigenvalue weighted by Gasteiger charge is -1.99. The second-order valence-electron chi connectivity index (χ2n) is 3.51. The number of benzene rings is 1. The van der Waals surface area contributed by atoms with Crippen molar-refractivity contribution in [3.8, 4) is 6.07 Å². The summed E-state index contributed by atoms with van der Waals surface area (Å²) < 4.78 is 0. The fourth-order valence-corrected chi connectivity index (χ4v) is 1.48. The van der Waals surface area contributed by atoms with E-state index >= 15 is 0 Å². The summed E-state index contributed by atoms with van der Waals surface area (Å²) in [5.41, 5.74) is 2.22. The van der Waals surface area contributed by atoms with E-state index in [0.29, 0.717) is 17.5 Å². The maximum Gasteiger partial charge on any atom is 0.168 e. The van der Waals surface area contributed by atoms with Crippen molar-refractivity contribution in [3.63, 3.8) is 0 Å². The largest absolute Gasteiger partial charge is 0.367 e. The molecule has 0 aliphatic carbocycles. The molecular formula is C13H10N2O. The smallest absolute Gasteiger partial charge is 0.168 e. The number of ketones is 1. The van der Waals surface area contributed by atoms with Crippen LogP contribution in [0.15, 0.2) is 42.7 Å². The molecule has 0 radical (unpaired) electrons. The third-order valence-corrected chi connectivity index (χ3v) is 2.37. The van der Waals surface area contributed by atoms with Crippen molar-refractivity contribution < 1.29 is 4.79 Å². The number of hydrogen-bond donors (Lipinski definition) is 1. The van der Waals surface area contributed by atoms with Gasteiger partial charge in [-0.15, -0.1) is 0 Å². The van der Waals surface area contributed by atoms with Crippen molar-refractivity contribution in [3.05, 3.63) is 59.4 Å². The highest BCUT2D eigenvalue weighted by Crippen LogP contribution is 2.08. The molecule has 16 heavy (non-hydrogen) atoms. The first-order chi connectivity index (χ1) is 7.79. The van der Waals surface area contributed by atoms with Gasteiger partial charge in [0.15, 0.2) is 5.78 Å². The van der Waals surface area contributed by atoms with E-state index in [9.17, 15) is 4.79 Å². The van der Waals surface area contributed by atoms with Crippen molar-refractivity contribution in [2.24, 2.45) is 0 Å². The Morgan fingerprint density at radius 2 is 2.00 bits per heavy atom. The van der Waals surface area contributed by atoms with Crippen molar-refractivity contribution >= 4 is 5.78 Å². The Hall–Kier alpha value is -2.34. The van der Waals surface area contributed by atoms with E-state index in [1.807, 2.05) is 18.2 Å². The van der Waals surface area contributed by atoms with Gasteiger partial charge in [0.1, 0.15) is 0 Å². The van der Waals surface area contributed by atoms with E-state index in [1.165, 1.54) is 0 Å². The summed E-state index contributed by atoms with van der Waals surface area (Å²) in [5, 5.41) is 8.64. The van der Waals surface area contributed by atoms with E-state index < -0.39 is 0 Å². The van der Waals surface area contributed by atoms with Crippen molar-refractivity contribution in [1.29, 1.82) is 5.26 Å². The van der Waals surface area contributed by atoms with Gasteiger partial charge in [0, 0.05) is 24.4 Å². The van der Waals surface area contributed by atoms with Crippen LogP contribution in [0.3, 0.4) is 0 Å². The fraction of sp³-hybridized carbons (Fsp3) is 0.0769. The zero-order valence-corrected chi connectivity index (χ0v) is 8.60. The Morgan fingerprint density at radius 1 is 1.25 bits per heavy atom. The average Bonchev–Trinajstić information content (AvgIpc) is 2.83. The molecule has 0 atom stereocenters. The third-order valence-electron chi connectivity index (χ3n) is 2.37. The Labute approximate surface area is 93.3 Å². The number of hydrogen-bond acceptors (Lipinski definition) is 2. The Bertz CT molecular complexity index is 518. The first-order valence-corrected chi connectivity index (χ1v) is 4.94. The number of aromatic nitrogens is 1. The average molecular weight is 210 g/mol. The molecule has 1 heterocycles. The lowest BCUT2D eigenvalue weighted by molar-refractivity contribution is 0.0993. The van der Waals surface area contributed by atoms with E-state index in [0.717, 1.165) is 5.56 Å². The summed E-state index contributed by atoms with van der Waals surface area (Å²) in [6.07, 6.45) is 3.78. The van der Waals surface area contributed by atoms with Gasteiger partial charge in [0.2, 0.25) is 0 Å². The highest BCUT2D eigenvalue weighted by molar-refractivity contribution is 5.97. The minimum absolute atomic E-state index is 0.0750. The lowest BCUT2D eigenvalue weighted by atomic mass is 10.0. The Balaban J connectivity index is 2.10. The van der Waals surface area contributed by atoms with Crippen LogP contribution in [-0.2, 0) is 6.42 Å². The maximum atomic E-state index is 11.7. The molecule has 0 amide bonds. The molecule has 0 aliphatic rings. The summed E-state index contributed by atoms with van der Waals surface area (Å²) in [7, 11) is 0. The number of carbonyl (C=O) groups excluding carboxylic acids is 1. The number of H-pyrrole nitrogens is 1. The van der Waals surface area contributed by atoms with Gasteiger partial charge in [-0.1, -0.05) is 12.1 Å². The van der Waals surface area contributed by atoms with E-state index in [2.05, 4.69) is 4.98 Å². The molecule has 2 rings (SSSR count). The number of nitrogens with one attached hydrogen (secondary N) is 1. The minimum Gasteiger partial charge on any atom is -0.367 e. The third kappa shape index (κ3) is 2.18. The van der Waals surface area contributed by atoms with Crippen LogP contribution < -0.4 is 0 Å². The summed E-state index contributed by atoms with van der Waals surface area (Å²) in [5.74, 6) is 0.0750. The van der Waals surface area contributed by atoms with Gasteiger partial charge in [-0.2, -0.15) is 5.26 Å². The number of aromatic amines is 1. The molecular weight excluding hydrogens is 200 g/mol. The molecule has 1 N–H and O–H groups in total. The molecule has 0 saturated carbocycles. The van der Waals surface area contributed by atoms with Gasteiger partial charge < -0.3 is 4.98 Å². The molecule has 3 heteroatoms. The molecule has 0 saturated heterocycles. The highest BCUT2D eigenvalue weighted by Gasteiger charge is 2.06. The number of Topliss-reactive ketones (excluding diaryl/α,β-unsaturated/α-hetero) is 1. The topological polar surface area (TPSA) is 56.6 Å². The Kier molecular flexibility index (Phi) is 2.84. The van der Waals surface area contributed by atoms with Crippen molar-refractivity contribution in [2.45, 2.75) is 6.42 Å². The second-order valence-corrected chi connectivity index (χ2v) is 3.51. The quantitative estimate of drug-likeness (QED) is 0.790. The molecule has 78 valence electrons. The van der Waals surface area contributed by atoms with Gasteiger partial charge in [0.05, 0.1) is 11.6 Å². The predicted octanol–water partition coefficient (Wildman–Crippen LogP) is 2.31. The standard InChI is InChI=1S/C13H10N2O/c14-8-11-3-1-10(2-4-11)7-13(16)12-5-6-15-9-12/h1-6,9,15H,7H2. The predicted molar refractivity (Wildman–Crippen MR) is 60.0 cm³/mol. The molecule has 0 aliphatic heterocycles. The van der Waals surface area contributed by atoms with E-state index in [1.54, 1.807) is 30.6 Å². The van der Waals surface area contributed by atoms with E-state index in [-0.39, 0.29) is 5.78 Å². The maximum absolute atomic E-state index is 11.7. The molecule has 0 fully saturated rings. The van der Waals surface area contributed by atoms with Gasteiger partial charge in [-0.05, 0) is 23.8 Å². The Morgan fingerprint density at radius 3 is 2.56 bits per heavy atom. The van der Waals surface area contributed by atoms with Gasteiger partial charge >= 0.3 is 0 Å².